The van der Waals surface area contributed by atoms with Crippen molar-refractivity contribution in [3.63, 3.8) is 0 Å². The van der Waals surface area contributed by atoms with Crippen LogP contribution in [0.2, 0.25) is 10.0 Å². The summed E-state index contributed by atoms with van der Waals surface area (Å²) in [6, 6.07) is 17.4. The number of carboxylic acids is 2. The summed E-state index contributed by atoms with van der Waals surface area (Å²) in [5.41, 5.74) is -2.38. The molecule has 480 valence electrons. The molecule has 0 unspecified atom stereocenters. The van der Waals surface area contributed by atoms with Gasteiger partial charge in [0, 0.05) is 110 Å². The molecule has 12 rings (SSSR count). The molecule has 12 aromatic rings. The van der Waals surface area contributed by atoms with Crippen LogP contribution in [0.25, 0.3) is 56.2 Å². The fourth-order valence-corrected chi connectivity index (χ4v) is 10.1. The van der Waals surface area contributed by atoms with Crippen molar-refractivity contribution in [2.45, 2.75) is 39.1 Å². The van der Waals surface area contributed by atoms with E-state index in [9.17, 15) is 28.6 Å². The predicted octanol–water partition coefficient (Wildman–Crippen LogP) is 11.6. The maximum atomic E-state index is 15.5. The molecule has 0 saturated carbocycles. The van der Waals surface area contributed by atoms with Crippen LogP contribution in [-0.2, 0) is 48.6 Å². The SMILES string of the molecule is COCCn1c(Cc2c(F)cc(-c3cccc(OCc4cnc(-n5ccnn5)cc4Cl)n3)c(F)c2F)nc2c(F)cc(C(=O)O)cc21.COCCn1c(Cc2c(F)cc(-c3cccc(OCc4cnc(-n5ccnn5)cc4Cl)n3)c(F)c2F)nc2c(F)cc(C(=O)O)cc21. The van der Waals surface area contributed by atoms with Crippen LogP contribution >= 0.6 is 23.2 Å². The average Bonchev–Trinajstić information content (AvgIpc) is 1.62. The highest BCUT2D eigenvalue weighted by Crippen LogP contribution is 2.34. The van der Waals surface area contributed by atoms with Crippen LogP contribution in [0.4, 0.5) is 35.1 Å². The van der Waals surface area contributed by atoms with Crippen molar-refractivity contribution in [2.24, 2.45) is 0 Å². The van der Waals surface area contributed by atoms with Crippen LogP contribution in [-0.4, -0.2) is 119 Å². The Morgan fingerprint density at radius 1 is 0.521 bits per heavy atom. The Balaban J connectivity index is 0.000000192. The van der Waals surface area contributed by atoms with Crippen LogP contribution in [0.5, 0.6) is 11.8 Å². The van der Waals surface area contributed by atoms with E-state index in [1.807, 2.05) is 0 Å². The second-order valence-electron chi connectivity index (χ2n) is 20.2. The second-order valence-corrected chi connectivity index (χ2v) is 21.1. The number of carboxylic acid groups (broad SMARTS) is 2. The van der Waals surface area contributed by atoms with Crippen LogP contribution < -0.4 is 9.47 Å². The Hall–Kier alpha value is -10.8. The van der Waals surface area contributed by atoms with Crippen LogP contribution in [0, 0.1) is 46.5 Å². The highest BCUT2D eigenvalue weighted by atomic mass is 35.5. The van der Waals surface area contributed by atoms with Crippen molar-refractivity contribution in [2.75, 3.05) is 27.4 Å². The molecule has 0 saturated heterocycles. The van der Waals surface area contributed by atoms with E-state index in [0.717, 1.165) is 24.3 Å². The van der Waals surface area contributed by atoms with Gasteiger partial charge in [-0.05, 0) is 48.5 Å². The lowest BCUT2D eigenvalue weighted by Crippen LogP contribution is -2.11. The zero-order valence-electron chi connectivity index (χ0n) is 48.6. The van der Waals surface area contributed by atoms with E-state index in [2.05, 4.69) is 50.5 Å². The summed E-state index contributed by atoms with van der Waals surface area (Å²) < 4.78 is 150. The lowest BCUT2D eigenvalue weighted by Gasteiger charge is -2.13. The summed E-state index contributed by atoms with van der Waals surface area (Å²) in [5.74, 6) is -11.7. The minimum atomic E-state index is -1.49. The maximum Gasteiger partial charge on any atom is 0.335 e. The second kappa shape index (κ2) is 28.0. The average molecular weight is 1340 g/mol. The number of nitrogens with zero attached hydrogens (tertiary/aromatic N) is 14. The molecule has 0 aliphatic heterocycles. The van der Waals surface area contributed by atoms with Crippen molar-refractivity contribution >= 4 is 57.2 Å². The van der Waals surface area contributed by atoms with E-state index in [1.165, 1.54) is 106 Å². The molecular weight excluding hydrogens is 1290 g/mol. The Kier molecular flexibility index (Phi) is 19.2. The number of pyridine rings is 4. The number of rotatable bonds is 22. The van der Waals surface area contributed by atoms with Gasteiger partial charge in [-0.1, -0.05) is 45.8 Å². The van der Waals surface area contributed by atoms with E-state index >= 15 is 26.3 Å². The van der Waals surface area contributed by atoms with Crippen molar-refractivity contribution in [3.05, 3.63) is 224 Å². The van der Waals surface area contributed by atoms with Crippen LogP contribution in [0.3, 0.4) is 0 Å². The summed E-state index contributed by atoms with van der Waals surface area (Å²) in [6.45, 7) is 0.163. The smallest absolute Gasteiger partial charge is 0.335 e. The Morgan fingerprint density at radius 2 is 0.936 bits per heavy atom. The molecule has 0 spiro atoms. The van der Waals surface area contributed by atoms with Gasteiger partial charge < -0.3 is 38.3 Å². The van der Waals surface area contributed by atoms with Gasteiger partial charge in [0.1, 0.15) is 47.5 Å². The topological polar surface area (TPSA) is 260 Å². The first-order valence-corrected chi connectivity index (χ1v) is 28.4. The molecule has 8 heterocycles. The largest absolute Gasteiger partial charge is 0.478 e. The highest BCUT2D eigenvalue weighted by molar-refractivity contribution is 6.31. The molecular formula is C62H44Cl2F8N14O8. The molecule has 94 heavy (non-hydrogen) atoms. The van der Waals surface area contributed by atoms with Gasteiger partial charge in [0.2, 0.25) is 11.8 Å². The van der Waals surface area contributed by atoms with E-state index < -0.39 is 93.6 Å². The number of benzene rings is 4. The lowest BCUT2D eigenvalue weighted by molar-refractivity contribution is 0.0686. The van der Waals surface area contributed by atoms with Crippen LogP contribution in [0.15, 0.2) is 122 Å². The van der Waals surface area contributed by atoms with E-state index in [1.54, 1.807) is 24.5 Å². The number of imidazole rings is 2. The van der Waals surface area contributed by atoms with Gasteiger partial charge in [0.25, 0.3) is 0 Å². The van der Waals surface area contributed by atoms with E-state index in [0.29, 0.717) is 32.8 Å². The minimum Gasteiger partial charge on any atom is -0.478 e. The lowest BCUT2D eigenvalue weighted by atomic mass is 10.0. The Bertz CT molecular complexity index is 4550. The number of carbonyl (C=O) groups is 2. The van der Waals surface area contributed by atoms with E-state index in [-0.39, 0.29) is 108 Å². The molecule has 0 radical (unpaired) electrons. The van der Waals surface area contributed by atoms with Crippen molar-refractivity contribution in [3.8, 4) is 45.9 Å². The molecule has 0 bridgehead atoms. The highest BCUT2D eigenvalue weighted by Gasteiger charge is 2.28. The molecule has 0 atom stereocenters. The van der Waals surface area contributed by atoms with Crippen molar-refractivity contribution in [1.82, 2.24) is 69.0 Å². The number of hydrogen-bond acceptors (Lipinski definition) is 16. The molecule has 4 aromatic carbocycles. The molecule has 0 aliphatic carbocycles. The van der Waals surface area contributed by atoms with Crippen molar-refractivity contribution in [1.29, 1.82) is 0 Å². The van der Waals surface area contributed by atoms with E-state index in [4.69, 9.17) is 42.1 Å². The van der Waals surface area contributed by atoms with Gasteiger partial charge in [-0.3, -0.25) is 0 Å². The first-order valence-electron chi connectivity index (χ1n) is 27.7. The third kappa shape index (κ3) is 13.7. The van der Waals surface area contributed by atoms with Gasteiger partial charge >= 0.3 is 11.9 Å². The van der Waals surface area contributed by atoms with Gasteiger partial charge in [0.05, 0.1) is 81.6 Å². The molecule has 8 aromatic heterocycles. The number of fused-ring (bicyclic) bond motifs is 2. The Morgan fingerprint density at radius 3 is 1.30 bits per heavy atom. The first kappa shape index (κ1) is 64.7. The van der Waals surface area contributed by atoms with Gasteiger partial charge in [-0.25, -0.2) is 84.0 Å². The fraction of sp³-hybridized carbons (Fsp3) is 0.161. The van der Waals surface area contributed by atoms with Gasteiger partial charge in [-0.2, -0.15) is 0 Å². The quantitative estimate of drug-likeness (QED) is 0.0472. The normalized spacial score (nSPS) is 11.4. The zero-order chi connectivity index (χ0) is 66.5. The summed E-state index contributed by atoms with van der Waals surface area (Å²) in [6.07, 6.45) is 7.99. The Labute approximate surface area is 534 Å². The monoisotopic (exact) mass is 1330 g/mol. The third-order valence-corrected chi connectivity index (χ3v) is 15.1. The predicted molar refractivity (Wildman–Crippen MR) is 319 cm³/mol. The van der Waals surface area contributed by atoms with Crippen molar-refractivity contribution < 1.29 is 73.9 Å². The summed E-state index contributed by atoms with van der Waals surface area (Å²) in [5, 5.41) is 34.5. The number of ether oxygens (including phenoxy) is 4. The summed E-state index contributed by atoms with van der Waals surface area (Å²) in [7, 11) is 2.82. The molecule has 0 amide bonds. The van der Waals surface area contributed by atoms with Crippen LogP contribution in [0.1, 0.15) is 54.6 Å². The van der Waals surface area contributed by atoms with Gasteiger partial charge in [-0.15, -0.1) is 10.2 Å². The number of halogens is 10. The molecule has 32 heteroatoms. The maximum absolute atomic E-state index is 15.5. The molecule has 2 N–H and O–H groups in total. The number of methoxy groups -OCH3 is 2. The zero-order valence-corrected chi connectivity index (χ0v) is 50.1. The number of aromatic nitrogens is 14. The summed E-state index contributed by atoms with van der Waals surface area (Å²) in [4.78, 5) is 48.3. The molecule has 0 fully saturated rings. The fourth-order valence-electron chi connectivity index (χ4n) is 9.73. The molecule has 22 nitrogen and oxygen atoms in total. The third-order valence-electron chi connectivity index (χ3n) is 14.4. The number of hydrogen-bond donors (Lipinski definition) is 2. The molecule has 0 aliphatic rings. The first-order chi connectivity index (χ1) is 45.3. The standard InChI is InChI=1S/2C31H22ClF4N7O4/c2*1-46-8-7-42-24-10-16(31(44)45)9-22(34)30(24)40-26(42)12-18-21(33)11-19(29(36)28(18)35)23-3-2-4-27(39-23)47-15-17-14-37-25(13-20(17)32)43-6-5-38-41-43/h2*2-6,9-11,13-14H,7-8,12,15H2,1H3,(H,44,45). The summed E-state index contributed by atoms with van der Waals surface area (Å²) >= 11 is 12.7. The van der Waals surface area contributed by atoms with Gasteiger partial charge in [0.15, 0.2) is 46.5 Å². The number of aromatic carboxylic acids is 2. The minimum absolute atomic E-state index is 0.0258.